The minimum Gasteiger partial charge on any atom is -0.492 e. The smallest absolute Gasteiger partial charge is 0.243 e. The molecule has 4 N–H and O–H groups in total. The van der Waals surface area contributed by atoms with E-state index in [0.717, 1.165) is 42.6 Å². The monoisotopic (exact) mass is 582 g/mol. The largest absolute Gasteiger partial charge is 0.492 e. The third-order valence-electron chi connectivity index (χ3n) is 7.66. The van der Waals surface area contributed by atoms with E-state index in [1.165, 1.54) is 0 Å². The van der Waals surface area contributed by atoms with E-state index in [1.54, 1.807) is 6.07 Å². The molecule has 1 aliphatic heterocycles. The quantitative estimate of drug-likeness (QED) is 0.429. The van der Waals surface area contributed by atoms with Crippen LogP contribution >= 0.6 is 11.6 Å². The molecule has 41 heavy (non-hydrogen) atoms. The summed E-state index contributed by atoms with van der Waals surface area (Å²) < 4.78 is 6.20. The summed E-state index contributed by atoms with van der Waals surface area (Å²) in [5.41, 5.74) is 1.96. The fourth-order valence-corrected chi connectivity index (χ4v) is 5.38. The molecule has 1 heterocycles. The Morgan fingerprint density at radius 1 is 0.951 bits per heavy atom. The topological polar surface area (TPSA) is 109 Å². The molecule has 2 aromatic rings. The third kappa shape index (κ3) is 9.47. The van der Waals surface area contributed by atoms with Gasteiger partial charge in [-0.1, -0.05) is 68.6 Å². The van der Waals surface area contributed by atoms with Gasteiger partial charge >= 0.3 is 0 Å². The number of para-hydroxylation sites is 1. The van der Waals surface area contributed by atoms with Crippen molar-refractivity contribution >= 4 is 29.3 Å². The molecule has 1 saturated carbocycles. The molecule has 9 heteroatoms. The summed E-state index contributed by atoms with van der Waals surface area (Å²) in [6, 6.07) is 13.1. The Hall–Kier alpha value is -3.10. The van der Waals surface area contributed by atoms with Gasteiger partial charge in [-0.3, -0.25) is 19.7 Å². The second-order valence-corrected chi connectivity index (χ2v) is 12.2. The van der Waals surface area contributed by atoms with Crippen molar-refractivity contribution in [2.24, 2.45) is 11.8 Å². The van der Waals surface area contributed by atoms with Gasteiger partial charge in [0.05, 0.1) is 6.04 Å². The number of carbonyl (C=O) groups excluding carboxylic acids is 3. The van der Waals surface area contributed by atoms with Crippen molar-refractivity contribution in [1.29, 1.82) is 0 Å². The number of hydrogen-bond acceptors (Lipinski definition) is 5. The lowest BCUT2D eigenvalue weighted by Crippen LogP contribution is -2.59. The van der Waals surface area contributed by atoms with E-state index in [1.807, 2.05) is 63.2 Å². The van der Waals surface area contributed by atoms with Gasteiger partial charge in [0.15, 0.2) is 0 Å². The Morgan fingerprint density at radius 2 is 1.73 bits per heavy atom. The van der Waals surface area contributed by atoms with Crippen molar-refractivity contribution in [3.05, 3.63) is 64.7 Å². The highest BCUT2D eigenvalue weighted by molar-refractivity contribution is 6.30. The summed E-state index contributed by atoms with van der Waals surface area (Å²) in [7, 11) is 0. The molecule has 2 aromatic carbocycles. The summed E-state index contributed by atoms with van der Waals surface area (Å²) in [5, 5.41) is 13.0. The predicted octanol–water partition coefficient (Wildman–Crippen LogP) is 3.80. The fourth-order valence-electron chi connectivity index (χ4n) is 5.17. The summed E-state index contributed by atoms with van der Waals surface area (Å²) in [5.74, 6) is 0.228. The lowest BCUT2D eigenvalue weighted by molar-refractivity contribution is -0.133. The number of benzene rings is 2. The van der Waals surface area contributed by atoms with Gasteiger partial charge < -0.3 is 20.7 Å². The Labute approximate surface area is 248 Å². The van der Waals surface area contributed by atoms with Crippen LogP contribution < -0.4 is 26.0 Å². The molecule has 0 saturated heterocycles. The van der Waals surface area contributed by atoms with Gasteiger partial charge in [-0.05, 0) is 73.8 Å². The van der Waals surface area contributed by atoms with E-state index in [4.69, 9.17) is 16.3 Å². The van der Waals surface area contributed by atoms with Crippen LogP contribution in [-0.2, 0) is 27.2 Å². The first-order valence-electron chi connectivity index (χ1n) is 14.8. The van der Waals surface area contributed by atoms with E-state index < -0.39 is 18.1 Å². The van der Waals surface area contributed by atoms with E-state index in [9.17, 15) is 14.4 Å². The zero-order valence-electron chi connectivity index (χ0n) is 24.3. The number of carbonyl (C=O) groups is 3. The highest BCUT2D eigenvalue weighted by Crippen LogP contribution is 2.33. The van der Waals surface area contributed by atoms with Gasteiger partial charge in [0.1, 0.15) is 24.4 Å². The second-order valence-electron chi connectivity index (χ2n) is 11.7. The van der Waals surface area contributed by atoms with Crippen LogP contribution in [0.5, 0.6) is 5.75 Å². The van der Waals surface area contributed by atoms with Gasteiger partial charge in [0.2, 0.25) is 17.7 Å². The lowest BCUT2D eigenvalue weighted by atomic mass is 9.99. The fraction of sp³-hybridized carbons (Fsp3) is 0.531. The average molecular weight is 583 g/mol. The molecule has 4 atom stereocenters. The number of rotatable bonds is 5. The van der Waals surface area contributed by atoms with Crippen molar-refractivity contribution < 1.29 is 19.1 Å². The highest BCUT2D eigenvalue weighted by Gasteiger charge is 2.34. The number of ether oxygens (including phenoxy) is 1. The van der Waals surface area contributed by atoms with Gasteiger partial charge in [-0.2, -0.15) is 0 Å². The summed E-state index contributed by atoms with van der Waals surface area (Å²) in [6.45, 7) is 6.60. The van der Waals surface area contributed by atoms with Gasteiger partial charge in [-0.15, -0.1) is 0 Å². The van der Waals surface area contributed by atoms with Crippen molar-refractivity contribution in [3.8, 4) is 5.75 Å². The van der Waals surface area contributed by atoms with Crippen LogP contribution in [-0.4, -0.2) is 55.0 Å². The Bertz CT molecular complexity index is 1200. The van der Waals surface area contributed by atoms with E-state index >= 15 is 0 Å². The molecule has 4 rings (SSSR count). The molecule has 222 valence electrons. The number of nitrogens with one attached hydrogen (secondary N) is 4. The number of aryl methyl sites for hydroxylation is 1. The molecule has 1 aliphatic carbocycles. The Balaban J connectivity index is 1.59. The molecule has 0 bridgehead atoms. The molecule has 3 amide bonds. The van der Waals surface area contributed by atoms with E-state index in [2.05, 4.69) is 21.3 Å². The third-order valence-corrected chi connectivity index (χ3v) is 7.90. The molecular formula is C32H43ClN4O4. The molecule has 0 radical (unpaired) electrons. The molecule has 8 nitrogen and oxygen atoms in total. The van der Waals surface area contributed by atoms with Crippen molar-refractivity contribution in [1.82, 2.24) is 21.3 Å². The number of halogens is 1. The molecule has 1 fully saturated rings. The number of hydrogen-bond donors (Lipinski definition) is 4. The minimum atomic E-state index is -0.794. The van der Waals surface area contributed by atoms with Crippen molar-refractivity contribution in [3.63, 3.8) is 0 Å². The summed E-state index contributed by atoms with van der Waals surface area (Å²) in [6.07, 6.45) is 4.60. The van der Waals surface area contributed by atoms with Crippen LogP contribution in [0.3, 0.4) is 0 Å². The number of fused-ring (bicyclic) bond motifs is 1. The first-order chi connectivity index (χ1) is 19.7. The maximum atomic E-state index is 13.7. The maximum absolute atomic E-state index is 13.7. The average Bonchev–Trinajstić information content (AvgIpc) is 3.76. The standard InChI is InChI=1S/C32H43ClN4O4/c1-20(2)29-32(40)36-26(17-22-13-14-22)30(38)34-15-7-10-24-9-4-5-12-28(24)41-19-21(3)35-27(31(39)37-29)18-23-8-6-11-25(33)16-23/h4-6,8-9,11-12,16,20-22,26-27,29,35H,7,10,13-15,17-19H2,1-3H3,(H,34,38)(H,36,40)(H,37,39)/t21?,26-,27+,29+/m0/s1. The van der Waals surface area contributed by atoms with Crippen LogP contribution in [0.2, 0.25) is 5.02 Å². The van der Waals surface area contributed by atoms with Gasteiger partial charge in [0, 0.05) is 17.6 Å². The zero-order chi connectivity index (χ0) is 29.4. The molecule has 0 aromatic heterocycles. The van der Waals surface area contributed by atoms with E-state index in [-0.39, 0.29) is 29.7 Å². The SMILES string of the molecule is CC1COc2ccccc2CCCNC(=O)[C@H](CC2CC2)NC(=O)[C@@H](C(C)C)NC(=O)[C@@H](Cc2cccc(Cl)c2)N1. The minimum absolute atomic E-state index is 0.162. The molecule has 1 unspecified atom stereocenters. The highest BCUT2D eigenvalue weighted by atomic mass is 35.5. The summed E-state index contributed by atoms with van der Waals surface area (Å²) >= 11 is 6.23. The van der Waals surface area contributed by atoms with Gasteiger partial charge in [0.25, 0.3) is 0 Å². The Kier molecular flexibility index (Phi) is 11.1. The van der Waals surface area contributed by atoms with Crippen molar-refractivity contribution in [2.75, 3.05) is 13.2 Å². The summed E-state index contributed by atoms with van der Waals surface area (Å²) in [4.78, 5) is 40.4. The van der Waals surface area contributed by atoms with Crippen LogP contribution in [0.4, 0.5) is 0 Å². The maximum Gasteiger partial charge on any atom is 0.243 e. The molecule has 0 spiro atoms. The predicted molar refractivity (Wildman–Crippen MR) is 161 cm³/mol. The first kappa shape index (κ1) is 30.8. The molecular weight excluding hydrogens is 540 g/mol. The molecule has 2 aliphatic rings. The first-order valence-corrected chi connectivity index (χ1v) is 15.2. The Morgan fingerprint density at radius 3 is 2.46 bits per heavy atom. The number of amides is 3. The van der Waals surface area contributed by atoms with Crippen LogP contribution in [0.15, 0.2) is 48.5 Å². The second kappa shape index (κ2) is 14.7. The van der Waals surface area contributed by atoms with Crippen LogP contribution in [0.1, 0.15) is 57.6 Å². The normalized spacial score (nSPS) is 25.1. The zero-order valence-corrected chi connectivity index (χ0v) is 25.0. The van der Waals surface area contributed by atoms with Crippen molar-refractivity contribution in [2.45, 2.75) is 83.5 Å². The lowest BCUT2D eigenvalue weighted by Gasteiger charge is -2.29. The van der Waals surface area contributed by atoms with Crippen LogP contribution in [0, 0.1) is 11.8 Å². The van der Waals surface area contributed by atoms with Crippen LogP contribution in [0.25, 0.3) is 0 Å². The van der Waals surface area contributed by atoms with E-state index in [0.29, 0.717) is 36.9 Å². The van der Waals surface area contributed by atoms with Gasteiger partial charge in [-0.25, -0.2) is 0 Å².